The molecule has 2 N–H and O–H groups in total. The Kier molecular flexibility index (Phi) is 9.64. The van der Waals surface area contributed by atoms with Gasteiger partial charge in [-0.2, -0.15) is 0 Å². The van der Waals surface area contributed by atoms with E-state index in [9.17, 15) is 9.59 Å². The first kappa shape index (κ1) is 28.5. The fourth-order valence-corrected chi connectivity index (χ4v) is 4.95. The van der Waals surface area contributed by atoms with E-state index < -0.39 is 11.9 Å². The van der Waals surface area contributed by atoms with Crippen LogP contribution in [0.4, 0.5) is 11.4 Å². The number of piperazine rings is 1. The Morgan fingerprint density at radius 2 is 1.38 bits per heavy atom. The number of nitrogens with zero attached hydrogens (tertiary/aromatic N) is 3. The van der Waals surface area contributed by atoms with Crippen LogP contribution in [0.5, 0.6) is 0 Å². The van der Waals surface area contributed by atoms with Crippen LogP contribution in [0.3, 0.4) is 0 Å². The molecule has 1 amide bonds. The van der Waals surface area contributed by atoms with E-state index in [-0.39, 0.29) is 11.7 Å². The van der Waals surface area contributed by atoms with Crippen LogP contribution in [0.25, 0.3) is 0 Å². The van der Waals surface area contributed by atoms with Crippen molar-refractivity contribution >= 4 is 35.0 Å². The van der Waals surface area contributed by atoms with Crippen molar-refractivity contribution in [1.29, 1.82) is 0 Å². The first-order valence-corrected chi connectivity index (χ1v) is 13.3. The van der Waals surface area contributed by atoms with Gasteiger partial charge in [0.15, 0.2) is 5.78 Å². The average molecular weight is 544 g/mol. The predicted octanol–water partition coefficient (Wildman–Crippen LogP) is 3.72. The van der Waals surface area contributed by atoms with Gasteiger partial charge in [-0.15, -0.1) is 0 Å². The molecule has 2 aliphatic heterocycles. The Morgan fingerprint density at radius 1 is 0.750 bits per heavy atom. The molecule has 0 atom stereocenters. The highest BCUT2D eigenvalue weighted by molar-refractivity contribution is 6.27. The number of carboxylic acids is 2. The number of fused-ring (bicyclic) bond motifs is 1. The van der Waals surface area contributed by atoms with E-state index in [1.807, 2.05) is 59.5 Å². The van der Waals surface area contributed by atoms with Crippen LogP contribution < -0.4 is 9.80 Å². The molecule has 0 radical (unpaired) electrons. The molecule has 2 heterocycles. The van der Waals surface area contributed by atoms with Gasteiger partial charge in [0.1, 0.15) is 0 Å². The lowest BCUT2D eigenvalue weighted by Crippen LogP contribution is -2.46. The largest absolute Gasteiger partial charge is 0.473 e. The first-order chi connectivity index (χ1) is 19.3. The van der Waals surface area contributed by atoms with Crippen LogP contribution in [0.1, 0.15) is 34.3 Å². The van der Waals surface area contributed by atoms with Crippen LogP contribution in [0.15, 0.2) is 78.9 Å². The Morgan fingerprint density at radius 3 is 2.00 bits per heavy atom. The third-order valence-electron chi connectivity index (χ3n) is 7.12. The Hall–Kier alpha value is -4.50. The van der Waals surface area contributed by atoms with Crippen molar-refractivity contribution in [2.75, 3.05) is 42.5 Å². The van der Waals surface area contributed by atoms with Crippen molar-refractivity contribution < 1.29 is 29.4 Å². The number of rotatable bonds is 7. The number of Topliss-reactive ketones (excluding diaryl/α,β-unsaturated/α-hetero) is 1. The normalized spacial score (nSPS) is 15.1. The summed E-state index contributed by atoms with van der Waals surface area (Å²) in [7, 11) is 0. The molecule has 3 aromatic carbocycles. The van der Waals surface area contributed by atoms with Crippen LogP contribution in [-0.2, 0) is 27.3 Å². The molecule has 0 aliphatic carbocycles. The van der Waals surface area contributed by atoms with Crippen LogP contribution in [0.2, 0.25) is 0 Å². The summed E-state index contributed by atoms with van der Waals surface area (Å²) in [6, 6.07) is 26.4. The molecular formula is C31H33N3O6. The molecule has 208 valence electrons. The minimum atomic E-state index is -1.82. The molecule has 9 heteroatoms. The molecule has 0 saturated carbocycles. The van der Waals surface area contributed by atoms with Crippen molar-refractivity contribution in [3.63, 3.8) is 0 Å². The molecule has 40 heavy (non-hydrogen) atoms. The minimum absolute atomic E-state index is 0.144. The third-order valence-corrected chi connectivity index (χ3v) is 7.12. The molecule has 1 fully saturated rings. The number of ketones is 1. The third kappa shape index (κ3) is 7.54. The SMILES string of the molecule is O=C(CCN1CCN(c2ccccc2)CC1)c1ccc2c(c1)CCC(=O)N2Cc1ccccc1.O=C(O)C(=O)O. The quantitative estimate of drug-likeness (QED) is 0.342. The molecule has 2 aliphatic rings. The summed E-state index contributed by atoms with van der Waals surface area (Å²) in [5.41, 5.74) is 5.17. The standard InChI is InChI=1S/C29H31N3O2.C2H2O4/c33-28(15-16-30-17-19-31(20-18-30)26-9-5-2-6-10-26)25-11-13-27-24(21-25)12-14-29(34)32(27)22-23-7-3-1-4-8-23;3-1(4)2(5)6/h1-11,13,21H,12,14-20,22H2;(H,3,4)(H,5,6). The smallest absolute Gasteiger partial charge is 0.414 e. The van der Waals surface area contributed by atoms with Gasteiger partial charge in [0.25, 0.3) is 0 Å². The van der Waals surface area contributed by atoms with Crippen LogP contribution >= 0.6 is 0 Å². The molecule has 1 saturated heterocycles. The summed E-state index contributed by atoms with van der Waals surface area (Å²) in [6.07, 6.45) is 1.71. The monoisotopic (exact) mass is 543 g/mol. The maximum absolute atomic E-state index is 13.0. The van der Waals surface area contributed by atoms with Gasteiger partial charge in [0, 0.05) is 62.5 Å². The second-order valence-electron chi connectivity index (χ2n) is 9.76. The molecule has 0 aromatic heterocycles. The van der Waals surface area contributed by atoms with Gasteiger partial charge >= 0.3 is 11.9 Å². The fraction of sp³-hybridized carbons (Fsp3) is 0.290. The zero-order chi connectivity index (χ0) is 28.5. The van der Waals surface area contributed by atoms with Crippen molar-refractivity contribution in [2.24, 2.45) is 0 Å². The van der Waals surface area contributed by atoms with Crippen LogP contribution in [-0.4, -0.2) is 71.5 Å². The maximum atomic E-state index is 13.0. The Labute approximate surface area is 233 Å². The highest BCUT2D eigenvalue weighted by atomic mass is 16.4. The topological polar surface area (TPSA) is 118 Å². The van der Waals surface area contributed by atoms with Crippen LogP contribution in [0, 0.1) is 0 Å². The van der Waals surface area contributed by atoms with E-state index in [1.165, 1.54) is 5.69 Å². The number of amides is 1. The summed E-state index contributed by atoms with van der Waals surface area (Å²) >= 11 is 0. The average Bonchev–Trinajstić information content (AvgIpc) is 2.98. The summed E-state index contributed by atoms with van der Waals surface area (Å²) < 4.78 is 0. The summed E-state index contributed by atoms with van der Waals surface area (Å²) in [5.74, 6) is -3.32. The lowest BCUT2D eigenvalue weighted by molar-refractivity contribution is -0.159. The second-order valence-corrected chi connectivity index (χ2v) is 9.76. The number of hydrogen-bond acceptors (Lipinski definition) is 6. The van der Waals surface area contributed by atoms with E-state index in [1.54, 1.807) is 0 Å². The van der Waals surface area contributed by atoms with Gasteiger partial charge < -0.3 is 20.0 Å². The Balaban J connectivity index is 0.000000557. The summed E-state index contributed by atoms with van der Waals surface area (Å²) in [5, 5.41) is 14.8. The van der Waals surface area contributed by atoms with E-state index >= 15 is 0 Å². The van der Waals surface area contributed by atoms with Gasteiger partial charge in [0.05, 0.1) is 6.54 Å². The number of aliphatic carboxylic acids is 2. The van der Waals surface area contributed by atoms with Crippen molar-refractivity contribution in [3.8, 4) is 0 Å². The molecule has 0 spiro atoms. The zero-order valence-corrected chi connectivity index (χ0v) is 22.2. The number of carbonyl (C=O) groups excluding carboxylic acids is 2. The number of para-hydroxylation sites is 1. The number of carboxylic acid groups (broad SMARTS) is 2. The lowest BCUT2D eigenvalue weighted by atomic mass is 9.96. The van der Waals surface area contributed by atoms with E-state index in [0.29, 0.717) is 25.8 Å². The number of anilines is 2. The summed E-state index contributed by atoms with van der Waals surface area (Å²) in [4.78, 5) is 50.4. The molecule has 0 unspecified atom stereocenters. The molecule has 0 bridgehead atoms. The van der Waals surface area contributed by atoms with Gasteiger partial charge in [0.2, 0.25) is 5.91 Å². The van der Waals surface area contributed by atoms with Gasteiger partial charge in [-0.1, -0.05) is 48.5 Å². The Bertz CT molecular complexity index is 1330. The fourth-order valence-electron chi connectivity index (χ4n) is 4.95. The zero-order valence-electron chi connectivity index (χ0n) is 22.2. The highest BCUT2D eigenvalue weighted by Crippen LogP contribution is 2.30. The van der Waals surface area contributed by atoms with Gasteiger partial charge in [-0.25, -0.2) is 9.59 Å². The highest BCUT2D eigenvalue weighted by Gasteiger charge is 2.25. The van der Waals surface area contributed by atoms with E-state index in [2.05, 4.69) is 34.1 Å². The van der Waals surface area contributed by atoms with Crippen molar-refractivity contribution in [2.45, 2.75) is 25.8 Å². The molecular weight excluding hydrogens is 510 g/mol. The number of hydrogen-bond donors (Lipinski definition) is 2. The first-order valence-electron chi connectivity index (χ1n) is 13.3. The van der Waals surface area contributed by atoms with Gasteiger partial charge in [-0.05, 0) is 47.9 Å². The number of carbonyl (C=O) groups is 4. The predicted molar refractivity (Wildman–Crippen MR) is 152 cm³/mol. The minimum Gasteiger partial charge on any atom is -0.473 e. The molecule has 9 nitrogen and oxygen atoms in total. The van der Waals surface area contributed by atoms with Crippen molar-refractivity contribution in [3.05, 3.63) is 95.6 Å². The van der Waals surface area contributed by atoms with Gasteiger partial charge in [-0.3, -0.25) is 14.5 Å². The number of aryl methyl sites for hydroxylation is 1. The summed E-state index contributed by atoms with van der Waals surface area (Å²) in [6.45, 7) is 5.28. The van der Waals surface area contributed by atoms with E-state index in [4.69, 9.17) is 19.8 Å². The lowest BCUT2D eigenvalue weighted by Gasteiger charge is -2.36. The maximum Gasteiger partial charge on any atom is 0.414 e. The molecule has 3 aromatic rings. The van der Waals surface area contributed by atoms with Crippen molar-refractivity contribution in [1.82, 2.24) is 4.90 Å². The second kappa shape index (κ2) is 13.5. The molecule has 5 rings (SSSR count). The number of benzene rings is 3. The van der Waals surface area contributed by atoms with E-state index in [0.717, 1.165) is 55.1 Å².